The Balaban J connectivity index is 2.20. The molecule has 1 heterocycles. The molecule has 0 spiro atoms. The van der Waals surface area contributed by atoms with E-state index in [-0.39, 0.29) is 30.0 Å². The van der Waals surface area contributed by atoms with Gasteiger partial charge in [0.1, 0.15) is 5.82 Å². The maximum absolute atomic E-state index is 13.7. The minimum atomic E-state index is -0.576. The van der Waals surface area contributed by atoms with Crippen LogP contribution in [0.2, 0.25) is 5.02 Å². The third-order valence-electron chi connectivity index (χ3n) is 3.75. The summed E-state index contributed by atoms with van der Waals surface area (Å²) in [6.07, 6.45) is 0. The molecular formula is C14H18ClFN2O2. The molecule has 1 aliphatic heterocycles. The summed E-state index contributed by atoms with van der Waals surface area (Å²) >= 11 is 5.82. The lowest BCUT2D eigenvalue weighted by Gasteiger charge is -2.23. The number of amides is 1. The molecule has 2 atom stereocenters. The molecular weight excluding hydrogens is 283 g/mol. The van der Waals surface area contributed by atoms with Gasteiger partial charge in [-0.15, -0.1) is 0 Å². The lowest BCUT2D eigenvalue weighted by Crippen LogP contribution is -2.37. The lowest BCUT2D eigenvalue weighted by molar-refractivity contribution is 0.0774. The van der Waals surface area contributed by atoms with E-state index in [2.05, 4.69) is 0 Å². The summed E-state index contributed by atoms with van der Waals surface area (Å²) in [5, 5.41) is 9.72. The first kappa shape index (κ1) is 15.2. The van der Waals surface area contributed by atoms with Gasteiger partial charge < -0.3 is 14.9 Å². The van der Waals surface area contributed by atoms with Crippen LogP contribution in [0.5, 0.6) is 0 Å². The zero-order valence-electron chi connectivity index (χ0n) is 11.5. The normalized spacial score (nSPS) is 22.6. The van der Waals surface area contributed by atoms with Crippen LogP contribution in [0.15, 0.2) is 18.2 Å². The van der Waals surface area contributed by atoms with Gasteiger partial charge in [0.2, 0.25) is 0 Å². The van der Waals surface area contributed by atoms with Gasteiger partial charge in [-0.3, -0.25) is 4.79 Å². The summed E-state index contributed by atoms with van der Waals surface area (Å²) in [6, 6.07) is 4.03. The molecule has 0 saturated carbocycles. The van der Waals surface area contributed by atoms with Crippen molar-refractivity contribution < 1.29 is 14.3 Å². The molecule has 1 N–H and O–H groups in total. The van der Waals surface area contributed by atoms with Crippen LogP contribution >= 0.6 is 11.6 Å². The number of likely N-dealkylation sites (tertiary alicyclic amines) is 1. The number of rotatable bonds is 3. The Morgan fingerprint density at radius 2 is 2.20 bits per heavy atom. The summed E-state index contributed by atoms with van der Waals surface area (Å²) in [6.45, 7) is 0.901. The summed E-state index contributed by atoms with van der Waals surface area (Å²) in [4.78, 5) is 15.9. The quantitative estimate of drug-likeness (QED) is 0.919. The number of aliphatic hydroxyl groups excluding tert-OH is 1. The summed E-state index contributed by atoms with van der Waals surface area (Å²) < 4.78 is 13.7. The van der Waals surface area contributed by atoms with E-state index >= 15 is 0 Å². The minimum absolute atomic E-state index is 0.00462. The van der Waals surface area contributed by atoms with Gasteiger partial charge >= 0.3 is 0 Å². The van der Waals surface area contributed by atoms with Crippen molar-refractivity contribution in [1.29, 1.82) is 0 Å². The van der Waals surface area contributed by atoms with E-state index < -0.39 is 5.82 Å². The minimum Gasteiger partial charge on any atom is -0.396 e. The van der Waals surface area contributed by atoms with E-state index in [1.807, 2.05) is 19.0 Å². The van der Waals surface area contributed by atoms with E-state index in [9.17, 15) is 14.3 Å². The Hall–Kier alpha value is -1.17. The first-order valence-corrected chi connectivity index (χ1v) is 6.83. The molecule has 0 bridgehead atoms. The molecule has 1 amide bonds. The van der Waals surface area contributed by atoms with Crippen LogP contribution in [-0.4, -0.2) is 60.6 Å². The zero-order valence-corrected chi connectivity index (χ0v) is 12.3. The van der Waals surface area contributed by atoms with Crippen LogP contribution in [0.3, 0.4) is 0 Å². The topological polar surface area (TPSA) is 43.8 Å². The summed E-state index contributed by atoms with van der Waals surface area (Å²) in [5.41, 5.74) is -0.0198. The van der Waals surface area contributed by atoms with Crippen molar-refractivity contribution in [3.8, 4) is 0 Å². The molecule has 0 unspecified atom stereocenters. The van der Waals surface area contributed by atoms with Gasteiger partial charge in [-0.1, -0.05) is 11.6 Å². The molecule has 0 aromatic heterocycles. The van der Waals surface area contributed by atoms with Gasteiger partial charge in [0.15, 0.2) is 0 Å². The zero-order chi connectivity index (χ0) is 14.9. The third-order valence-corrected chi connectivity index (χ3v) is 3.99. The smallest absolute Gasteiger partial charge is 0.256 e. The average Bonchev–Trinajstić information content (AvgIpc) is 2.85. The number of likely N-dealkylation sites (N-methyl/N-ethyl adjacent to an activating group) is 1. The predicted octanol–water partition coefficient (Wildman–Crippen LogP) is 1.47. The maximum Gasteiger partial charge on any atom is 0.256 e. The van der Waals surface area contributed by atoms with Crippen LogP contribution in [-0.2, 0) is 0 Å². The molecule has 1 fully saturated rings. The van der Waals surface area contributed by atoms with Gasteiger partial charge in [-0.05, 0) is 32.3 Å². The highest BCUT2D eigenvalue weighted by molar-refractivity contribution is 6.31. The summed E-state index contributed by atoms with van der Waals surface area (Å²) in [7, 11) is 3.81. The second kappa shape index (κ2) is 6.08. The SMILES string of the molecule is CN(C)[C@@H]1CN(C(=O)c2cc(Cl)ccc2F)C[C@H]1CO. The second-order valence-electron chi connectivity index (χ2n) is 5.31. The number of carbonyl (C=O) groups excluding carboxylic acids is 1. The van der Waals surface area contributed by atoms with Gasteiger partial charge in [0.05, 0.1) is 5.56 Å². The van der Waals surface area contributed by atoms with Gasteiger partial charge in [0.25, 0.3) is 5.91 Å². The molecule has 2 rings (SSSR count). The number of hydrogen-bond donors (Lipinski definition) is 1. The van der Waals surface area contributed by atoms with Crippen LogP contribution < -0.4 is 0 Å². The molecule has 1 saturated heterocycles. The van der Waals surface area contributed by atoms with Crippen molar-refractivity contribution in [1.82, 2.24) is 9.80 Å². The largest absolute Gasteiger partial charge is 0.396 e. The van der Waals surface area contributed by atoms with E-state index in [1.54, 1.807) is 4.90 Å². The maximum atomic E-state index is 13.7. The highest BCUT2D eigenvalue weighted by Crippen LogP contribution is 2.24. The van der Waals surface area contributed by atoms with Gasteiger partial charge in [-0.25, -0.2) is 4.39 Å². The Bertz CT molecular complexity index is 510. The third kappa shape index (κ3) is 2.95. The molecule has 0 radical (unpaired) electrons. The van der Waals surface area contributed by atoms with Crippen molar-refractivity contribution in [2.45, 2.75) is 6.04 Å². The molecule has 20 heavy (non-hydrogen) atoms. The fourth-order valence-electron chi connectivity index (χ4n) is 2.62. The van der Waals surface area contributed by atoms with Crippen LogP contribution in [0.4, 0.5) is 4.39 Å². The molecule has 0 aliphatic carbocycles. The first-order valence-electron chi connectivity index (χ1n) is 6.45. The van der Waals surface area contributed by atoms with E-state index in [4.69, 9.17) is 11.6 Å². The molecule has 1 aromatic carbocycles. The van der Waals surface area contributed by atoms with E-state index in [0.29, 0.717) is 18.1 Å². The highest BCUT2D eigenvalue weighted by Gasteiger charge is 2.36. The molecule has 4 nitrogen and oxygen atoms in total. The molecule has 1 aromatic rings. The number of aliphatic hydroxyl groups is 1. The molecule has 6 heteroatoms. The van der Waals surface area contributed by atoms with Crippen LogP contribution in [0, 0.1) is 11.7 Å². The number of hydrogen-bond acceptors (Lipinski definition) is 3. The van der Waals surface area contributed by atoms with Gasteiger partial charge in [0, 0.05) is 36.7 Å². The Labute approximate surface area is 122 Å². The predicted molar refractivity (Wildman–Crippen MR) is 75.4 cm³/mol. The van der Waals surface area contributed by atoms with Crippen LogP contribution in [0.25, 0.3) is 0 Å². The van der Waals surface area contributed by atoms with E-state index in [1.165, 1.54) is 18.2 Å². The second-order valence-corrected chi connectivity index (χ2v) is 5.74. The van der Waals surface area contributed by atoms with Gasteiger partial charge in [-0.2, -0.15) is 0 Å². The Morgan fingerprint density at radius 1 is 1.50 bits per heavy atom. The standard InChI is InChI=1S/C14H18ClFN2O2/c1-17(2)13-7-18(6-9(13)8-19)14(20)11-5-10(15)3-4-12(11)16/h3-5,9,13,19H,6-8H2,1-2H3/t9-,13+/m0/s1. The highest BCUT2D eigenvalue weighted by atomic mass is 35.5. The summed E-state index contributed by atoms with van der Waals surface area (Å²) in [5.74, 6) is -0.975. The lowest BCUT2D eigenvalue weighted by atomic mass is 10.0. The fraction of sp³-hybridized carbons (Fsp3) is 0.500. The Kier molecular flexibility index (Phi) is 4.62. The Morgan fingerprint density at radius 3 is 2.75 bits per heavy atom. The molecule has 1 aliphatic rings. The van der Waals surface area contributed by atoms with Crippen LogP contribution in [0.1, 0.15) is 10.4 Å². The van der Waals surface area contributed by atoms with Crippen molar-refractivity contribution >= 4 is 17.5 Å². The first-order chi connectivity index (χ1) is 9.43. The number of nitrogens with zero attached hydrogens (tertiary/aromatic N) is 2. The van der Waals surface area contributed by atoms with E-state index in [0.717, 1.165) is 0 Å². The number of carbonyl (C=O) groups is 1. The number of halogens is 2. The van der Waals surface area contributed by atoms with Crippen molar-refractivity contribution in [3.05, 3.63) is 34.6 Å². The van der Waals surface area contributed by atoms with Crippen molar-refractivity contribution in [2.24, 2.45) is 5.92 Å². The number of benzene rings is 1. The fourth-order valence-corrected chi connectivity index (χ4v) is 2.79. The van der Waals surface area contributed by atoms with Crippen molar-refractivity contribution in [2.75, 3.05) is 33.8 Å². The van der Waals surface area contributed by atoms with Crippen molar-refractivity contribution in [3.63, 3.8) is 0 Å². The average molecular weight is 301 g/mol. The monoisotopic (exact) mass is 300 g/mol. The molecule has 110 valence electrons.